The van der Waals surface area contributed by atoms with Crippen LogP contribution in [0.15, 0.2) is 61.1 Å². The first-order valence-corrected chi connectivity index (χ1v) is 11.1. The Bertz CT molecular complexity index is 1070. The smallest absolute Gasteiger partial charge is 0.339 e. The average molecular weight is 449 g/mol. The van der Waals surface area contributed by atoms with Gasteiger partial charge in [0.25, 0.3) is 0 Å². The van der Waals surface area contributed by atoms with Gasteiger partial charge in [0.2, 0.25) is 0 Å². The highest BCUT2D eigenvalue weighted by Crippen LogP contribution is 2.19. The van der Waals surface area contributed by atoms with Crippen molar-refractivity contribution >= 4 is 23.5 Å². The summed E-state index contributed by atoms with van der Waals surface area (Å²) in [7, 11) is 0. The van der Waals surface area contributed by atoms with E-state index in [9.17, 15) is 9.59 Å². The zero-order valence-corrected chi connectivity index (χ0v) is 18.7. The van der Waals surface area contributed by atoms with Gasteiger partial charge in [-0.15, -0.1) is 0 Å². The molecule has 4 rings (SSSR count). The summed E-state index contributed by atoms with van der Waals surface area (Å²) in [5.41, 5.74) is 2.22. The minimum Gasteiger partial charge on any atom is -0.462 e. The molecule has 9 nitrogen and oxygen atoms in total. The summed E-state index contributed by atoms with van der Waals surface area (Å²) in [5.74, 6) is 0.415. The van der Waals surface area contributed by atoms with E-state index in [2.05, 4.69) is 20.3 Å². The normalized spacial score (nSPS) is 14.0. The van der Waals surface area contributed by atoms with Crippen LogP contribution in [0.5, 0.6) is 0 Å². The Morgan fingerprint density at radius 3 is 2.70 bits per heavy atom. The number of nitrogens with zero attached hydrogens (tertiary/aromatic N) is 5. The molecular weight excluding hydrogens is 420 g/mol. The lowest BCUT2D eigenvalue weighted by atomic mass is 10.2. The Hall–Kier alpha value is -3.88. The molecule has 0 bridgehead atoms. The number of hydrogen-bond donors (Lipinski definition) is 1. The molecule has 1 aromatic carbocycles. The largest absolute Gasteiger partial charge is 0.462 e. The summed E-state index contributed by atoms with van der Waals surface area (Å²) in [5, 5.41) is 7.32. The van der Waals surface area contributed by atoms with Crippen molar-refractivity contribution in [2.24, 2.45) is 0 Å². The van der Waals surface area contributed by atoms with Gasteiger partial charge in [0.1, 0.15) is 5.82 Å². The first-order valence-electron chi connectivity index (χ1n) is 11.1. The van der Waals surface area contributed by atoms with Crippen molar-refractivity contribution in [3.8, 4) is 0 Å². The fourth-order valence-electron chi connectivity index (χ4n) is 3.80. The summed E-state index contributed by atoms with van der Waals surface area (Å²) in [6.07, 6.45) is 6.00. The van der Waals surface area contributed by atoms with Gasteiger partial charge in [-0.05, 0) is 43.2 Å². The summed E-state index contributed by atoms with van der Waals surface area (Å²) in [4.78, 5) is 33.2. The highest BCUT2D eigenvalue weighted by molar-refractivity contribution is 5.90. The highest BCUT2D eigenvalue weighted by Gasteiger charge is 2.21. The average Bonchev–Trinajstić information content (AvgIpc) is 3.22. The number of urea groups is 1. The second kappa shape index (κ2) is 10.6. The standard InChI is InChI=1S/C24H28N6O3/c1-2-33-23(31)19-9-10-22(25-17-19)28-12-6-13-29(16-15-28)24(32)27-21-8-4-3-7-20(21)18-30-14-5-11-26-30/h3-5,7-11,14,17H,2,6,12-13,15-16,18H2,1H3,(H,27,32). The van der Waals surface area contributed by atoms with Crippen LogP contribution >= 0.6 is 0 Å². The Balaban J connectivity index is 1.36. The van der Waals surface area contributed by atoms with Crippen molar-refractivity contribution in [3.05, 3.63) is 72.2 Å². The van der Waals surface area contributed by atoms with Gasteiger partial charge in [0.05, 0.1) is 18.7 Å². The van der Waals surface area contributed by atoms with Crippen LogP contribution in [0.1, 0.15) is 29.3 Å². The van der Waals surface area contributed by atoms with E-state index in [0.717, 1.165) is 30.0 Å². The van der Waals surface area contributed by atoms with Gasteiger partial charge in [-0.3, -0.25) is 4.68 Å². The van der Waals surface area contributed by atoms with Crippen molar-refractivity contribution in [3.63, 3.8) is 0 Å². The number of para-hydroxylation sites is 1. The number of amides is 2. The van der Waals surface area contributed by atoms with Crippen LogP contribution < -0.4 is 10.2 Å². The van der Waals surface area contributed by atoms with E-state index in [-0.39, 0.29) is 12.0 Å². The van der Waals surface area contributed by atoms with Gasteiger partial charge in [-0.1, -0.05) is 18.2 Å². The lowest BCUT2D eigenvalue weighted by Crippen LogP contribution is -2.38. The third kappa shape index (κ3) is 5.68. The van der Waals surface area contributed by atoms with E-state index >= 15 is 0 Å². The lowest BCUT2D eigenvalue weighted by Gasteiger charge is -2.23. The third-order valence-corrected chi connectivity index (χ3v) is 5.52. The molecule has 172 valence electrons. The molecule has 1 aliphatic rings. The second-order valence-electron chi connectivity index (χ2n) is 7.74. The molecule has 0 radical (unpaired) electrons. The second-order valence-corrected chi connectivity index (χ2v) is 7.74. The molecule has 1 aliphatic heterocycles. The van der Waals surface area contributed by atoms with Crippen molar-refractivity contribution in [2.45, 2.75) is 19.9 Å². The van der Waals surface area contributed by atoms with Crippen molar-refractivity contribution in [2.75, 3.05) is 43.0 Å². The molecule has 3 heterocycles. The van der Waals surface area contributed by atoms with Gasteiger partial charge in [-0.25, -0.2) is 14.6 Å². The van der Waals surface area contributed by atoms with E-state index in [0.29, 0.717) is 38.3 Å². The summed E-state index contributed by atoms with van der Waals surface area (Å²) < 4.78 is 6.84. The van der Waals surface area contributed by atoms with E-state index in [4.69, 9.17) is 4.74 Å². The Kier molecular flexibility index (Phi) is 7.19. The molecule has 1 saturated heterocycles. The lowest BCUT2D eigenvalue weighted by molar-refractivity contribution is 0.0526. The summed E-state index contributed by atoms with van der Waals surface area (Å²) >= 11 is 0. The predicted molar refractivity (Wildman–Crippen MR) is 125 cm³/mol. The molecule has 0 spiro atoms. The van der Waals surface area contributed by atoms with Crippen LogP contribution in [-0.2, 0) is 11.3 Å². The number of rotatable bonds is 6. The van der Waals surface area contributed by atoms with E-state index in [1.165, 1.54) is 0 Å². The molecule has 0 saturated carbocycles. The number of esters is 1. The van der Waals surface area contributed by atoms with Crippen molar-refractivity contribution in [1.29, 1.82) is 0 Å². The summed E-state index contributed by atoms with van der Waals surface area (Å²) in [6, 6.07) is 13.1. The van der Waals surface area contributed by atoms with Crippen LogP contribution in [0, 0.1) is 0 Å². The van der Waals surface area contributed by atoms with Gasteiger partial charge >= 0.3 is 12.0 Å². The number of nitrogens with one attached hydrogen (secondary N) is 1. The van der Waals surface area contributed by atoms with Gasteiger partial charge < -0.3 is 19.9 Å². The van der Waals surface area contributed by atoms with Gasteiger partial charge in [-0.2, -0.15) is 5.10 Å². The molecule has 2 aromatic heterocycles. The fraction of sp³-hybridized carbons (Fsp3) is 0.333. The molecule has 1 fully saturated rings. The van der Waals surface area contributed by atoms with Crippen LogP contribution in [0.4, 0.5) is 16.3 Å². The maximum Gasteiger partial charge on any atom is 0.339 e. The maximum atomic E-state index is 13.0. The van der Waals surface area contributed by atoms with E-state index < -0.39 is 0 Å². The van der Waals surface area contributed by atoms with E-state index in [1.54, 1.807) is 25.4 Å². The zero-order valence-electron chi connectivity index (χ0n) is 18.7. The SMILES string of the molecule is CCOC(=O)c1ccc(N2CCCN(C(=O)Nc3ccccc3Cn3cccn3)CC2)nc1. The first-order chi connectivity index (χ1) is 16.1. The fourth-order valence-corrected chi connectivity index (χ4v) is 3.80. The number of benzene rings is 1. The number of hydrogen-bond acceptors (Lipinski definition) is 6. The quantitative estimate of drug-likeness (QED) is 0.582. The Morgan fingerprint density at radius 2 is 1.94 bits per heavy atom. The maximum absolute atomic E-state index is 13.0. The van der Waals surface area contributed by atoms with Gasteiger partial charge in [0.15, 0.2) is 0 Å². The predicted octanol–water partition coefficient (Wildman–Crippen LogP) is 3.25. The molecule has 9 heteroatoms. The number of aromatic nitrogens is 3. The minimum atomic E-state index is -0.372. The molecule has 0 unspecified atom stereocenters. The van der Waals surface area contributed by atoms with Crippen LogP contribution in [0.25, 0.3) is 0 Å². The Labute approximate surface area is 193 Å². The zero-order chi connectivity index (χ0) is 23.0. The molecule has 2 amide bonds. The van der Waals surface area contributed by atoms with Crippen molar-refractivity contribution < 1.29 is 14.3 Å². The van der Waals surface area contributed by atoms with Crippen LogP contribution in [0.3, 0.4) is 0 Å². The molecule has 3 aromatic rings. The molecule has 0 atom stereocenters. The van der Waals surface area contributed by atoms with Gasteiger partial charge in [0, 0.05) is 50.5 Å². The van der Waals surface area contributed by atoms with Crippen LogP contribution in [0.2, 0.25) is 0 Å². The monoisotopic (exact) mass is 448 g/mol. The highest BCUT2D eigenvalue weighted by atomic mass is 16.5. The number of anilines is 2. The van der Waals surface area contributed by atoms with Crippen LogP contribution in [-0.4, -0.2) is 64.5 Å². The molecule has 1 N–H and O–H groups in total. The number of ether oxygens (including phenoxy) is 1. The van der Waals surface area contributed by atoms with Crippen molar-refractivity contribution in [1.82, 2.24) is 19.7 Å². The number of pyridine rings is 1. The van der Waals surface area contributed by atoms with E-state index in [1.807, 2.05) is 52.2 Å². The third-order valence-electron chi connectivity index (χ3n) is 5.52. The number of carbonyl (C=O) groups excluding carboxylic acids is 2. The summed E-state index contributed by atoms with van der Waals surface area (Å²) in [6.45, 7) is 5.37. The number of carbonyl (C=O) groups is 2. The minimum absolute atomic E-state index is 0.115. The Morgan fingerprint density at radius 1 is 1.06 bits per heavy atom. The topological polar surface area (TPSA) is 92.6 Å². The molecular formula is C24H28N6O3. The molecule has 0 aliphatic carbocycles. The first kappa shape index (κ1) is 22.3. The molecule has 33 heavy (non-hydrogen) atoms.